The molecule has 1 aromatic carbocycles. The van der Waals surface area contributed by atoms with E-state index in [1.807, 2.05) is 11.8 Å². The predicted molar refractivity (Wildman–Crippen MR) is 110 cm³/mol. The number of nitrogens with zero attached hydrogens (tertiary/aromatic N) is 4. The van der Waals surface area contributed by atoms with Crippen molar-refractivity contribution in [1.29, 1.82) is 0 Å². The highest BCUT2D eigenvalue weighted by atomic mass is 35.5. The minimum absolute atomic E-state index is 0. The Kier molecular flexibility index (Phi) is 7.37. The molecule has 142 valence electrons. The number of hydrogen-bond acceptors (Lipinski definition) is 5. The van der Waals surface area contributed by atoms with Crippen LogP contribution in [0.2, 0.25) is 0 Å². The molecule has 0 unspecified atom stereocenters. The summed E-state index contributed by atoms with van der Waals surface area (Å²) in [5, 5.41) is 12.3. The number of halogens is 1. The van der Waals surface area contributed by atoms with Gasteiger partial charge >= 0.3 is 0 Å². The third kappa shape index (κ3) is 4.80. The number of likely N-dealkylation sites (tertiary alicyclic amines) is 1. The van der Waals surface area contributed by atoms with E-state index in [9.17, 15) is 0 Å². The molecule has 4 rings (SSSR count). The molecule has 0 amide bonds. The molecule has 1 N–H and O–H groups in total. The summed E-state index contributed by atoms with van der Waals surface area (Å²) in [6.07, 6.45) is 2.43. The van der Waals surface area contributed by atoms with Gasteiger partial charge in [0, 0.05) is 37.1 Å². The van der Waals surface area contributed by atoms with E-state index in [1.165, 1.54) is 49.6 Å². The Hall–Kier alpha value is -1.08. The zero-order valence-corrected chi connectivity index (χ0v) is 16.8. The van der Waals surface area contributed by atoms with Crippen LogP contribution in [0.5, 0.6) is 0 Å². The van der Waals surface area contributed by atoms with E-state index in [2.05, 4.69) is 55.3 Å². The van der Waals surface area contributed by atoms with Gasteiger partial charge in [0.1, 0.15) is 11.6 Å². The highest BCUT2D eigenvalue weighted by Gasteiger charge is 2.26. The van der Waals surface area contributed by atoms with Crippen molar-refractivity contribution in [3.05, 3.63) is 47.5 Å². The minimum Gasteiger partial charge on any atom is -0.312 e. The first-order valence-corrected chi connectivity index (χ1v) is 10.5. The van der Waals surface area contributed by atoms with Crippen molar-refractivity contribution in [2.45, 2.75) is 37.6 Å². The maximum absolute atomic E-state index is 4.51. The molecule has 0 spiro atoms. The van der Waals surface area contributed by atoms with Gasteiger partial charge in [0.15, 0.2) is 0 Å². The van der Waals surface area contributed by atoms with Crippen LogP contribution in [-0.2, 0) is 18.8 Å². The quantitative estimate of drug-likeness (QED) is 0.764. The number of nitrogens with one attached hydrogen (secondary N) is 1. The third-order valence-electron chi connectivity index (χ3n) is 5.27. The molecule has 2 aliphatic heterocycles. The summed E-state index contributed by atoms with van der Waals surface area (Å²) in [5.41, 5.74) is 1.43. The molecule has 3 heterocycles. The van der Waals surface area contributed by atoms with Crippen molar-refractivity contribution in [2.75, 3.05) is 31.9 Å². The van der Waals surface area contributed by atoms with Crippen LogP contribution in [0.25, 0.3) is 0 Å². The molecule has 0 bridgehead atoms. The summed E-state index contributed by atoms with van der Waals surface area (Å²) < 4.78 is 2.35. The summed E-state index contributed by atoms with van der Waals surface area (Å²) in [4.78, 5) is 2.61. The molecule has 0 saturated carbocycles. The Labute approximate surface area is 166 Å². The van der Waals surface area contributed by atoms with Gasteiger partial charge in [0.05, 0.1) is 6.54 Å². The van der Waals surface area contributed by atoms with Crippen molar-refractivity contribution in [3.63, 3.8) is 0 Å². The number of hydrogen-bond donors (Lipinski definition) is 1. The van der Waals surface area contributed by atoms with Crippen molar-refractivity contribution in [3.8, 4) is 0 Å². The standard InChI is InChI=1S/C19H27N5S.ClH/c1-2-4-16(5-3-1)15-25-13-12-23-9-6-17(7-10-23)19-22-21-18-14-20-8-11-24(18)19;/h1-5,17,20H,6-15H2;1H. The molecular weight excluding hydrogens is 366 g/mol. The van der Waals surface area contributed by atoms with E-state index >= 15 is 0 Å². The fraction of sp³-hybridized carbons (Fsp3) is 0.579. The Morgan fingerprint density at radius 1 is 1.08 bits per heavy atom. The summed E-state index contributed by atoms with van der Waals surface area (Å²) in [6, 6.07) is 10.8. The number of rotatable bonds is 6. The fourth-order valence-electron chi connectivity index (χ4n) is 3.79. The minimum atomic E-state index is 0. The van der Waals surface area contributed by atoms with Crippen molar-refractivity contribution in [2.24, 2.45) is 0 Å². The lowest BCUT2D eigenvalue weighted by molar-refractivity contribution is 0.218. The van der Waals surface area contributed by atoms with Gasteiger partial charge in [-0.15, -0.1) is 22.6 Å². The smallest absolute Gasteiger partial charge is 0.147 e. The van der Waals surface area contributed by atoms with E-state index in [-0.39, 0.29) is 12.4 Å². The first-order chi connectivity index (χ1) is 12.4. The molecule has 1 saturated heterocycles. The molecule has 0 radical (unpaired) electrons. The Bertz CT molecular complexity index is 670. The van der Waals surface area contributed by atoms with Gasteiger partial charge in [-0.25, -0.2) is 0 Å². The lowest BCUT2D eigenvalue weighted by Gasteiger charge is -2.32. The maximum Gasteiger partial charge on any atom is 0.147 e. The molecule has 2 aromatic rings. The topological polar surface area (TPSA) is 46.0 Å². The van der Waals surface area contributed by atoms with Crippen LogP contribution < -0.4 is 5.32 Å². The second kappa shape index (κ2) is 9.74. The van der Waals surface area contributed by atoms with Gasteiger partial charge in [-0.2, -0.15) is 11.8 Å². The van der Waals surface area contributed by atoms with Gasteiger partial charge in [-0.05, 0) is 31.5 Å². The first-order valence-electron chi connectivity index (χ1n) is 9.37. The Balaban J connectivity index is 0.00000196. The largest absolute Gasteiger partial charge is 0.312 e. The number of aromatic nitrogens is 3. The highest BCUT2D eigenvalue weighted by molar-refractivity contribution is 7.98. The van der Waals surface area contributed by atoms with Crippen LogP contribution in [0.1, 0.15) is 36.0 Å². The van der Waals surface area contributed by atoms with E-state index in [4.69, 9.17) is 0 Å². The molecular formula is C19H28ClN5S. The lowest BCUT2D eigenvalue weighted by atomic mass is 9.96. The Morgan fingerprint density at radius 2 is 1.88 bits per heavy atom. The monoisotopic (exact) mass is 393 g/mol. The normalized spacial score (nSPS) is 18.3. The number of fused-ring (bicyclic) bond motifs is 1. The molecule has 0 atom stereocenters. The molecule has 0 aliphatic carbocycles. The van der Waals surface area contributed by atoms with E-state index in [0.717, 1.165) is 31.2 Å². The van der Waals surface area contributed by atoms with E-state index < -0.39 is 0 Å². The van der Waals surface area contributed by atoms with Crippen molar-refractivity contribution in [1.82, 2.24) is 25.0 Å². The van der Waals surface area contributed by atoms with Crippen LogP contribution in [-0.4, -0.2) is 51.6 Å². The maximum atomic E-state index is 4.51. The average Bonchev–Trinajstić information content (AvgIpc) is 3.11. The van der Waals surface area contributed by atoms with Crippen LogP contribution in [0.3, 0.4) is 0 Å². The summed E-state index contributed by atoms with van der Waals surface area (Å²) >= 11 is 2.04. The second-order valence-electron chi connectivity index (χ2n) is 6.96. The lowest BCUT2D eigenvalue weighted by Crippen LogP contribution is -2.36. The third-order valence-corrected chi connectivity index (χ3v) is 6.28. The summed E-state index contributed by atoms with van der Waals surface area (Å²) in [6.45, 7) is 6.51. The fourth-order valence-corrected chi connectivity index (χ4v) is 4.75. The van der Waals surface area contributed by atoms with Gasteiger partial charge in [-0.1, -0.05) is 30.3 Å². The summed E-state index contributed by atoms with van der Waals surface area (Å²) in [7, 11) is 0. The number of benzene rings is 1. The van der Waals surface area contributed by atoms with Crippen LogP contribution >= 0.6 is 24.2 Å². The molecule has 2 aliphatic rings. The second-order valence-corrected chi connectivity index (χ2v) is 8.06. The van der Waals surface area contributed by atoms with Crippen LogP contribution in [0, 0.1) is 0 Å². The summed E-state index contributed by atoms with van der Waals surface area (Å²) in [5.74, 6) is 5.27. The van der Waals surface area contributed by atoms with E-state index in [1.54, 1.807) is 0 Å². The number of piperidine rings is 1. The zero-order chi connectivity index (χ0) is 16.9. The molecule has 7 heteroatoms. The van der Waals surface area contributed by atoms with Crippen molar-refractivity contribution < 1.29 is 0 Å². The molecule has 5 nitrogen and oxygen atoms in total. The predicted octanol–water partition coefficient (Wildman–Crippen LogP) is 2.92. The van der Waals surface area contributed by atoms with Crippen LogP contribution in [0.15, 0.2) is 30.3 Å². The number of thioether (sulfide) groups is 1. The van der Waals surface area contributed by atoms with Gasteiger partial charge in [-0.3, -0.25) is 0 Å². The SMILES string of the molecule is Cl.c1ccc(CSCCN2CCC(c3nnc4n3CCNC4)CC2)cc1. The molecule has 1 fully saturated rings. The first kappa shape index (κ1) is 19.7. The Morgan fingerprint density at radius 3 is 2.69 bits per heavy atom. The molecule has 26 heavy (non-hydrogen) atoms. The average molecular weight is 394 g/mol. The highest BCUT2D eigenvalue weighted by Crippen LogP contribution is 2.28. The van der Waals surface area contributed by atoms with E-state index in [0.29, 0.717) is 5.92 Å². The molecule has 1 aromatic heterocycles. The van der Waals surface area contributed by atoms with Gasteiger partial charge in [0.25, 0.3) is 0 Å². The van der Waals surface area contributed by atoms with Gasteiger partial charge in [0.2, 0.25) is 0 Å². The van der Waals surface area contributed by atoms with Crippen molar-refractivity contribution >= 4 is 24.2 Å². The van der Waals surface area contributed by atoms with Crippen LogP contribution in [0.4, 0.5) is 0 Å². The zero-order valence-electron chi connectivity index (χ0n) is 15.1. The van der Waals surface area contributed by atoms with Gasteiger partial charge < -0.3 is 14.8 Å².